The van der Waals surface area contributed by atoms with Crippen LogP contribution in [0.2, 0.25) is 0 Å². The summed E-state index contributed by atoms with van der Waals surface area (Å²) in [6.45, 7) is 1.41. The molecular weight excluding hydrogens is 280 g/mol. The highest BCUT2D eigenvalue weighted by Crippen LogP contribution is 2.26. The van der Waals surface area contributed by atoms with E-state index in [1.807, 2.05) is 0 Å². The molecule has 23 heavy (non-hydrogen) atoms. The molecule has 2 aromatic rings. The van der Waals surface area contributed by atoms with Gasteiger partial charge in [0.1, 0.15) is 0 Å². The maximum Gasteiger partial charge on any atom is 0.0724 e. The minimum Gasteiger partial charge on any atom is -0.372 e. The second kappa shape index (κ2) is 6.55. The third-order valence-electron chi connectivity index (χ3n) is 4.85. The van der Waals surface area contributed by atoms with Crippen LogP contribution in [0.5, 0.6) is 0 Å². The molecule has 0 heterocycles. The number of hydrogen-bond donors (Lipinski definition) is 0. The van der Waals surface area contributed by atoms with Crippen molar-refractivity contribution >= 4 is 12.2 Å². The normalized spacial score (nSPS) is 15.3. The molecule has 1 heteroatoms. The van der Waals surface area contributed by atoms with Gasteiger partial charge in [0, 0.05) is 0 Å². The van der Waals surface area contributed by atoms with Crippen molar-refractivity contribution in [3.05, 3.63) is 81.9 Å². The van der Waals surface area contributed by atoms with Gasteiger partial charge >= 0.3 is 0 Å². The second-order valence-electron chi connectivity index (χ2n) is 6.34. The Morgan fingerprint density at radius 3 is 1.74 bits per heavy atom. The Balaban J connectivity index is 1.47. The Kier molecular flexibility index (Phi) is 4.12. The zero-order valence-corrected chi connectivity index (χ0v) is 13.4. The molecule has 116 valence electrons. The Morgan fingerprint density at radius 2 is 1.22 bits per heavy atom. The van der Waals surface area contributed by atoms with Crippen molar-refractivity contribution in [2.75, 3.05) is 0 Å². The Labute approximate surface area is 138 Å². The summed E-state index contributed by atoms with van der Waals surface area (Å²) in [4.78, 5) is 0. The lowest BCUT2D eigenvalue weighted by Crippen LogP contribution is -2.05. The molecule has 0 unspecified atom stereocenters. The molecule has 4 rings (SSSR count). The van der Waals surface area contributed by atoms with E-state index in [1.54, 1.807) is 0 Å². The van der Waals surface area contributed by atoms with Crippen LogP contribution < -0.4 is 0 Å². The van der Waals surface area contributed by atoms with Gasteiger partial charge in [0.15, 0.2) is 0 Å². The first-order valence-electron chi connectivity index (χ1n) is 8.54. The SMILES string of the molecule is C1=Cc2cccc(COCc3cccc4c3CCC=C4)c2CC1. The summed E-state index contributed by atoms with van der Waals surface area (Å²) >= 11 is 0. The fourth-order valence-electron chi connectivity index (χ4n) is 3.65. The van der Waals surface area contributed by atoms with Crippen molar-refractivity contribution in [3.63, 3.8) is 0 Å². The Hall–Kier alpha value is -2.12. The summed E-state index contributed by atoms with van der Waals surface area (Å²) in [5.41, 5.74) is 8.34. The minimum atomic E-state index is 0.705. The van der Waals surface area contributed by atoms with E-state index in [9.17, 15) is 0 Å². The first kappa shape index (κ1) is 14.5. The maximum atomic E-state index is 6.09. The third-order valence-corrected chi connectivity index (χ3v) is 4.85. The number of benzene rings is 2. The molecule has 0 radical (unpaired) electrons. The van der Waals surface area contributed by atoms with Crippen molar-refractivity contribution in [2.24, 2.45) is 0 Å². The van der Waals surface area contributed by atoms with Crippen LogP contribution in [0.4, 0.5) is 0 Å². The Morgan fingerprint density at radius 1 is 0.696 bits per heavy atom. The second-order valence-corrected chi connectivity index (χ2v) is 6.34. The van der Waals surface area contributed by atoms with E-state index < -0.39 is 0 Å². The van der Waals surface area contributed by atoms with Crippen LogP contribution in [-0.4, -0.2) is 0 Å². The predicted molar refractivity (Wildman–Crippen MR) is 96.1 cm³/mol. The van der Waals surface area contributed by atoms with E-state index in [1.165, 1.54) is 33.4 Å². The third kappa shape index (κ3) is 3.02. The monoisotopic (exact) mass is 302 g/mol. The summed E-state index contributed by atoms with van der Waals surface area (Å²) in [6.07, 6.45) is 13.6. The van der Waals surface area contributed by atoms with Gasteiger partial charge in [-0.1, -0.05) is 60.7 Å². The summed E-state index contributed by atoms with van der Waals surface area (Å²) in [5.74, 6) is 0. The van der Waals surface area contributed by atoms with Crippen LogP contribution in [-0.2, 0) is 30.8 Å². The number of ether oxygens (including phenoxy) is 1. The van der Waals surface area contributed by atoms with Crippen molar-refractivity contribution in [3.8, 4) is 0 Å². The van der Waals surface area contributed by atoms with Crippen LogP contribution in [0, 0.1) is 0 Å². The molecule has 0 aromatic heterocycles. The number of allylic oxidation sites excluding steroid dienone is 2. The van der Waals surface area contributed by atoms with Crippen LogP contribution in [0.3, 0.4) is 0 Å². The molecule has 0 amide bonds. The fourth-order valence-corrected chi connectivity index (χ4v) is 3.65. The molecule has 0 N–H and O–H groups in total. The first-order chi connectivity index (χ1) is 11.4. The lowest BCUT2D eigenvalue weighted by atomic mass is 9.92. The molecule has 2 aromatic carbocycles. The zero-order chi connectivity index (χ0) is 15.5. The summed E-state index contributed by atoms with van der Waals surface area (Å²) in [6, 6.07) is 13.1. The number of rotatable bonds is 4. The minimum absolute atomic E-state index is 0.705. The highest BCUT2D eigenvalue weighted by molar-refractivity contribution is 5.59. The summed E-state index contributed by atoms with van der Waals surface area (Å²) in [5, 5.41) is 0. The first-order valence-corrected chi connectivity index (χ1v) is 8.54. The molecule has 0 spiro atoms. The summed E-state index contributed by atoms with van der Waals surface area (Å²) < 4.78 is 6.09. The molecule has 1 nitrogen and oxygen atoms in total. The van der Waals surface area contributed by atoms with E-state index in [0.29, 0.717) is 13.2 Å². The molecule has 0 aliphatic heterocycles. The van der Waals surface area contributed by atoms with E-state index in [2.05, 4.69) is 60.7 Å². The largest absolute Gasteiger partial charge is 0.372 e. The fraction of sp³-hybridized carbons (Fsp3) is 0.273. The molecule has 2 aliphatic rings. The van der Waals surface area contributed by atoms with Gasteiger partial charge in [-0.25, -0.2) is 0 Å². The van der Waals surface area contributed by atoms with Gasteiger partial charge in [0.2, 0.25) is 0 Å². The zero-order valence-electron chi connectivity index (χ0n) is 13.4. The van der Waals surface area contributed by atoms with E-state index in [4.69, 9.17) is 4.74 Å². The van der Waals surface area contributed by atoms with E-state index in [-0.39, 0.29) is 0 Å². The van der Waals surface area contributed by atoms with Crippen LogP contribution in [0.1, 0.15) is 46.2 Å². The van der Waals surface area contributed by atoms with Gasteiger partial charge in [-0.15, -0.1) is 0 Å². The maximum absolute atomic E-state index is 6.09. The molecule has 0 saturated carbocycles. The van der Waals surface area contributed by atoms with Gasteiger partial charge in [0.05, 0.1) is 13.2 Å². The lowest BCUT2D eigenvalue weighted by molar-refractivity contribution is 0.106. The van der Waals surface area contributed by atoms with Crippen molar-refractivity contribution in [2.45, 2.75) is 38.9 Å². The summed E-state index contributed by atoms with van der Waals surface area (Å²) in [7, 11) is 0. The van der Waals surface area contributed by atoms with Gasteiger partial charge in [-0.3, -0.25) is 0 Å². The smallest absolute Gasteiger partial charge is 0.0724 e. The highest BCUT2D eigenvalue weighted by Gasteiger charge is 2.11. The van der Waals surface area contributed by atoms with Gasteiger partial charge in [-0.05, 0) is 59.1 Å². The van der Waals surface area contributed by atoms with Crippen LogP contribution in [0.15, 0.2) is 48.6 Å². The molecular formula is C22H22O. The average molecular weight is 302 g/mol. The van der Waals surface area contributed by atoms with Gasteiger partial charge in [-0.2, -0.15) is 0 Å². The molecule has 2 aliphatic carbocycles. The van der Waals surface area contributed by atoms with Crippen molar-refractivity contribution < 1.29 is 4.74 Å². The molecule has 0 bridgehead atoms. The molecule has 0 saturated heterocycles. The van der Waals surface area contributed by atoms with Gasteiger partial charge in [0.25, 0.3) is 0 Å². The topological polar surface area (TPSA) is 9.23 Å². The van der Waals surface area contributed by atoms with E-state index >= 15 is 0 Å². The quantitative estimate of drug-likeness (QED) is 0.742. The average Bonchev–Trinajstić information content (AvgIpc) is 2.62. The predicted octanol–water partition coefficient (Wildman–Crippen LogP) is 5.32. The van der Waals surface area contributed by atoms with E-state index in [0.717, 1.165) is 25.7 Å². The highest BCUT2D eigenvalue weighted by atomic mass is 16.5. The van der Waals surface area contributed by atoms with Crippen molar-refractivity contribution in [1.29, 1.82) is 0 Å². The van der Waals surface area contributed by atoms with Gasteiger partial charge < -0.3 is 4.74 Å². The van der Waals surface area contributed by atoms with Crippen LogP contribution in [0.25, 0.3) is 12.2 Å². The molecule has 0 atom stereocenters. The lowest BCUT2D eigenvalue weighted by Gasteiger charge is -2.17. The van der Waals surface area contributed by atoms with Crippen LogP contribution >= 0.6 is 0 Å². The standard InChI is InChI=1S/C22H22O/c1-3-13-21-17(7-1)9-5-11-19(21)15-23-16-20-12-6-10-18-8-2-4-14-22(18)20/h1-2,5-12H,3-4,13-16H2. The van der Waals surface area contributed by atoms with Crippen molar-refractivity contribution in [1.82, 2.24) is 0 Å². The number of hydrogen-bond acceptors (Lipinski definition) is 1. The Bertz CT molecular complexity index is 702. The molecule has 0 fully saturated rings. The number of fused-ring (bicyclic) bond motifs is 2.